The van der Waals surface area contributed by atoms with Gasteiger partial charge >= 0.3 is 0 Å². The summed E-state index contributed by atoms with van der Waals surface area (Å²) in [6.45, 7) is 1.61. The fourth-order valence-corrected chi connectivity index (χ4v) is 3.21. The number of hydrogen-bond acceptors (Lipinski definition) is 5. The molecule has 1 fully saturated rings. The van der Waals surface area contributed by atoms with Crippen LogP contribution in [0.1, 0.15) is 12.8 Å². The second-order valence-corrected chi connectivity index (χ2v) is 6.23. The molecule has 1 atom stereocenters. The average molecular weight is 333 g/mol. The number of amides is 1. The van der Waals surface area contributed by atoms with Crippen LogP contribution < -0.4 is 10.2 Å². The highest BCUT2D eigenvalue weighted by molar-refractivity contribution is 5.93. The first-order valence-electron chi connectivity index (χ1n) is 8.47. The Labute approximate surface area is 145 Å². The lowest BCUT2D eigenvalue weighted by Gasteiger charge is -2.33. The van der Waals surface area contributed by atoms with Crippen LogP contribution in [0.25, 0.3) is 11.2 Å². The first-order chi connectivity index (χ1) is 12.3. The third-order valence-electron chi connectivity index (χ3n) is 4.51. The van der Waals surface area contributed by atoms with Crippen molar-refractivity contribution in [2.45, 2.75) is 12.8 Å². The highest BCUT2D eigenvalue weighted by Gasteiger charge is 2.26. The van der Waals surface area contributed by atoms with Gasteiger partial charge in [0.2, 0.25) is 5.91 Å². The molecule has 1 aliphatic rings. The number of hydrogen-bond donors (Lipinski definition) is 1. The summed E-state index contributed by atoms with van der Waals surface area (Å²) in [5.74, 6) is 0.0379. The van der Waals surface area contributed by atoms with Crippen molar-refractivity contribution in [1.82, 2.24) is 15.0 Å². The second kappa shape index (κ2) is 6.84. The van der Waals surface area contributed by atoms with Gasteiger partial charge < -0.3 is 10.2 Å². The predicted molar refractivity (Wildman–Crippen MR) is 97.3 cm³/mol. The molecule has 126 valence electrons. The quantitative estimate of drug-likeness (QED) is 0.798. The van der Waals surface area contributed by atoms with E-state index in [1.807, 2.05) is 42.6 Å². The molecule has 25 heavy (non-hydrogen) atoms. The molecule has 3 heterocycles. The fraction of sp³-hybridized carbons (Fsp3) is 0.263. The van der Waals surface area contributed by atoms with E-state index in [1.54, 1.807) is 12.4 Å². The topological polar surface area (TPSA) is 71.0 Å². The minimum atomic E-state index is -0.0356. The summed E-state index contributed by atoms with van der Waals surface area (Å²) in [4.78, 5) is 27.7. The number of benzene rings is 1. The van der Waals surface area contributed by atoms with Gasteiger partial charge in [-0.3, -0.25) is 9.78 Å². The summed E-state index contributed by atoms with van der Waals surface area (Å²) >= 11 is 0. The van der Waals surface area contributed by atoms with Crippen molar-refractivity contribution in [3.8, 4) is 0 Å². The number of aromatic nitrogens is 3. The van der Waals surface area contributed by atoms with Crippen molar-refractivity contribution in [3.05, 3.63) is 55.0 Å². The molecule has 4 rings (SSSR count). The highest BCUT2D eigenvalue weighted by atomic mass is 16.1. The van der Waals surface area contributed by atoms with Gasteiger partial charge in [0, 0.05) is 31.2 Å². The standard InChI is InChI=1S/C19H19N5O/c25-19(23-15-6-2-1-3-7-15)14-5-4-10-24(13-14)16-11-17-18(22-12-16)21-9-8-20-17/h1-3,6-9,11-12,14H,4-5,10,13H2,(H,23,25). The van der Waals surface area contributed by atoms with Crippen molar-refractivity contribution in [3.63, 3.8) is 0 Å². The number of carbonyl (C=O) groups is 1. The van der Waals surface area contributed by atoms with Crippen LogP contribution in [-0.2, 0) is 4.79 Å². The van der Waals surface area contributed by atoms with Gasteiger partial charge in [-0.25, -0.2) is 9.97 Å². The lowest BCUT2D eigenvalue weighted by atomic mass is 9.96. The molecule has 2 aromatic heterocycles. The predicted octanol–water partition coefficient (Wildman–Crippen LogP) is 2.88. The molecule has 1 amide bonds. The van der Waals surface area contributed by atoms with Gasteiger partial charge in [-0.05, 0) is 31.0 Å². The van der Waals surface area contributed by atoms with E-state index in [2.05, 4.69) is 25.2 Å². The van der Waals surface area contributed by atoms with Crippen LogP contribution in [0.5, 0.6) is 0 Å². The summed E-state index contributed by atoms with van der Waals surface area (Å²) in [5.41, 5.74) is 3.25. The Kier molecular flexibility index (Phi) is 4.24. The van der Waals surface area contributed by atoms with Crippen molar-refractivity contribution in [1.29, 1.82) is 0 Å². The SMILES string of the molecule is O=C(Nc1ccccc1)C1CCCN(c2cnc3nccnc3c2)C1. The van der Waals surface area contributed by atoms with Crippen LogP contribution >= 0.6 is 0 Å². The molecule has 1 aliphatic heterocycles. The number of pyridine rings is 1. The highest BCUT2D eigenvalue weighted by Crippen LogP contribution is 2.25. The Morgan fingerprint density at radius 3 is 2.84 bits per heavy atom. The van der Waals surface area contributed by atoms with Gasteiger partial charge in [-0.2, -0.15) is 0 Å². The van der Waals surface area contributed by atoms with Crippen LogP contribution in [0, 0.1) is 5.92 Å². The fourth-order valence-electron chi connectivity index (χ4n) is 3.21. The van der Waals surface area contributed by atoms with Gasteiger partial charge in [0.15, 0.2) is 5.65 Å². The zero-order chi connectivity index (χ0) is 17.1. The van der Waals surface area contributed by atoms with Crippen molar-refractivity contribution in [2.24, 2.45) is 5.92 Å². The second-order valence-electron chi connectivity index (χ2n) is 6.23. The molecule has 6 nitrogen and oxygen atoms in total. The van der Waals surface area contributed by atoms with Crippen LogP contribution in [0.2, 0.25) is 0 Å². The number of rotatable bonds is 3. The zero-order valence-corrected chi connectivity index (χ0v) is 13.8. The van der Waals surface area contributed by atoms with E-state index < -0.39 is 0 Å². The molecule has 1 unspecified atom stereocenters. The first-order valence-corrected chi connectivity index (χ1v) is 8.47. The minimum absolute atomic E-state index is 0.0356. The molecule has 3 aromatic rings. The molecule has 1 aromatic carbocycles. The Hall–Kier alpha value is -3.02. The van der Waals surface area contributed by atoms with Gasteiger partial charge in [0.25, 0.3) is 0 Å². The molecule has 0 aliphatic carbocycles. The number of nitrogens with one attached hydrogen (secondary N) is 1. The average Bonchev–Trinajstić information content (AvgIpc) is 2.68. The van der Waals surface area contributed by atoms with Crippen LogP contribution in [0.3, 0.4) is 0 Å². The number of carbonyl (C=O) groups excluding carboxylic acids is 1. The van der Waals surface area contributed by atoms with Gasteiger partial charge in [0.05, 0.1) is 17.8 Å². The summed E-state index contributed by atoms with van der Waals surface area (Å²) in [6.07, 6.45) is 7.00. The summed E-state index contributed by atoms with van der Waals surface area (Å²) < 4.78 is 0. The molecule has 1 N–H and O–H groups in total. The smallest absolute Gasteiger partial charge is 0.229 e. The Morgan fingerprint density at radius 1 is 1.12 bits per heavy atom. The molecule has 0 spiro atoms. The van der Waals surface area contributed by atoms with Gasteiger partial charge in [-0.15, -0.1) is 0 Å². The first kappa shape index (κ1) is 15.5. The van der Waals surface area contributed by atoms with Crippen molar-refractivity contribution < 1.29 is 4.79 Å². The Morgan fingerprint density at radius 2 is 1.96 bits per heavy atom. The number of para-hydroxylation sites is 1. The number of nitrogens with zero attached hydrogens (tertiary/aromatic N) is 4. The minimum Gasteiger partial charge on any atom is -0.369 e. The van der Waals surface area contributed by atoms with E-state index in [9.17, 15) is 4.79 Å². The molecule has 0 saturated carbocycles. The van der Waals surface area contributed by atoms with Crippen LogP contribution in [0.15, 0.2) is 55.0 Å². The van der Waals surface area contributed by atoms with Gasteiger partial charge in [-0.1, -0.05) is 18.2 Å². The largest absolute Gasteiger partial charge is 0.369 e. The molecular formula is C19H19N5O. The van der Waals surface area contributed by atoms with E-state index in [1.165, 1.54) is 0 Å². The van der Waals surface area contributed by atoms with E-state index in [4.69, 9.17) is 0 Å². The summed E-state index contributed by atoms with van der Waals surface area (Å²) in [6, 6.07) is 11.6. The monoisotopic (exact) mass is 333 g/mol. The lowest BCUT2D eigenvalue weighted by Crippen LogP contribution is -2.40. The van der Waals surface area contributed by atoms with E-state index >= 15 is 0 Å². The van der Waals surface area contributed by atoms with E-state index in [-0.39, 0.29) is 11.8 Å². The van der Waals surface area contributed by atoms with Gasteiger partial charge in [0.1, 0.15) is 5.52 Å². The molecule has 6 heteroatoms. The number of anilines is 2. The normalized spacial score (nSPS) is 17.4. The van der Waals surface area contributed by atoms with Crippen LogP contribution in [-0.4, -0.2) is 33.9 Å². The number of piperidine rings is 1. The van der Waals surface area contributed by atoms with Crippen molar-refractivity contribution >= 4 is 28.4 Å². The maximum atomic E-state index is 12.6. The molecular weight excluding hydrogens is 314 g/mol. The summed E-state index contributed by atoms with van der Waals surface area (Å²) in [7, 11) is 0. The van der Waals surface area contributed by atoms with E-state index in [0.29, 0.717) is 12.2 Å². The van der Waals surface area contributed by atoms with E-state index in [0.717, 1.165) is 36.3 Å². The van der Waals surface area contributed by atoms with Crippen molar-refractivity contribution in [2.75, 3.05) is 23.3 Å². The third kappa shape index (κ3) is 3.42. The Balaban J connectivity index is 1.49. The third-order valence-corrected chi connectivity index (χ3v) is 4.51. The summed E-state index contributed by atoms with van der Waals surface area (Å²) in [5, 5.41) is 3.01. The lowest BCUT2D eigenvalue weighted by molar-refractivity contribution is -0.120. The maximum absolute atomic E-state index is 12.6. The zero-order valence-electron chi connectivity index (χ0n) is 13.8. The number of fused-ring (bicyclic) bond motifs is 1. The molecule has 1 saturated heterocycles. The molecule has 0 bridgehead atoms. The van der Waals surface area contributed by atoms with Crippen LogP contribution in [0.4, 0.5) is 11.4 Å². The Bertz CT molecular complexity index is 883. The maximum Gasteiger partial charge on any atom is 0.229 e. The molecule has 0 radical (unpaired) electrons.